The van der Waals surface area contributed by atoms with E-state index >= 15 is 0 Å². The minimum atomic E-state index is -3.84. The third-order valence-electron chi connectivity index (χ3n) is 4.28. The number of halogens is 1. The molecule has 4 aromatic rings. The monoisotopic (exact) mass is 444 g/mol. The van der Waals surface area contributed by atoms with Gasteiger partial charge in [0.05, 0.1) is 21.0 Å². The van der Waals surface area contributed by atoms with Gasteiger partial charge in [-0.15, -0.1) is 16.4 Å². The Kier molecular flexibility index (Phi) is 5.45. The molecule has 29 heavy (non-hydrogen) atoms. The maximum absolute atomic E-state index is 13.0. The number of aryl methyl sites for hydroxylation is 1. The summed E-state index contributed by atoms with van der Waals surface area (Å²) < 4.78 is 33.5. The first kappa shape index (κ1) is 19.7. The minimum absolute atomic E-state index is 0.163. The molecule has 148 valence electrons. The Labute approximate surface area is 178 Å². The van der Waals surface area contributed by atoms with E-state index in [4.69, 9.17) is 16.3 Å². The van der Waals surface area contributed by atoms with Crippen molar-refractivity contribution in [2.75, 3.05) is 0 Å². The van der Waals surface area contributed by atoms with Crippen LogP contribution in [0.5, 0.6) is 5.88 Å². The highest BCUT2D eigenvalue weighted by Crippen LogP contribution is 2.37. The smallest absolute Gasteiger partial charge is 0.283 e. The molecule has 2 heterocycles. The highest BCUT2D eigenvalue weighted by molar-refractivity contribution is 7.89. The van der Waals surface area contributed by atoms with E-state index in [0.717, 1.165) is 20.1 Å². The molecular formula is C21H17ClN2O3S2. The molecule has 0 aliphatic heterocycles. The van der Waals surface area contributed by atoms with E-state index in [1.54, 1.807) is 30.3 Å². The summed E-state index contributed by atoms with van der Waals surface area (Å²) in [5, 5.41) is 4.25. The van der Waals surface area contributed by atoms with Crippen LogP contribution in [0.4, 0.5) is 0 Å². The molecule has 0 amide bonds. The van der Waals surface area contributed by atoms with Gasteiger partial charge in [0.2, 0.25) is 5.88 Å². The van der Waals surface area contributed by atoms with Gasteiger partial charge in [0.25, 0.3) is 10.0 Å². The Balaban J connectivity index is 1.73. The van der Waals surface area contributed by atoms with Crippen molar-refractivity contribution in [1.29, 1.82) is 0 Å². The summed E-state index contributed by atoms with van der Waals surface area (Å²) in [6.07, 6.45) is 1.47. The quantitative estimate of drug-likeness (QED) is 0.400. The molecule has 0 bridgehead atoms. The van der Waals surface area contributed by atoms with E-state index in [-0.39, 0.29) is 17.4 Å². The third kappa shape index (κ3) is 4.22. The zero-order valence-electron chi connectivity index (χ0n) is 15.4. The Morgan fingerprint density at radius 2 is 1.76 bits per heavy atom. The van der Waals surface area contributed by atoms with Crippen molar-refractivity contribution in [3.8, 4) is 16.3 Å². The van der Waals surface area contributed by atoms with Gasteiger partial charge in [0.15, 0.2) is 0 Å². The molecule has 0 saturated carbocycles. The van der Waals surface area contributed by atoms with E-state index in [1.807, 2.05) is 43.3 Å². The summed E-state index contributed by atoms with van der Waals surface area (Å²) in [4.78, 5) is 0.944. The molecule has 2 aromatic heterocycles. The first-order valence-corrected chi connectivity index (χ1v) is 11.4. The second-order valence-corrected chi connectivity index (χ2v) is 9.93. The zero-order valence-corrected chi connectivity index (χ0v) is 17.8. The number of thiophene rings is 1. The molecule has 5 nitrogen and oxygen atoms in total. The molecule has 8 heteroatoms. The van der Waals surface area contributed by atoms with Crippen molar-refractivity contribution >= 4 is 33.0 Å². The molecule has 0 aliphatic rings. The van der Waals surface area contributed by atoms with Crippen molar-refractivity contribution in [3.63, 3.8) is 0 Å². The predicted octanol–water partition coefficient (Wildman–Crippen LogP) is 5.39. The molecule has 0 N–H and O–H groups in total. The fourth-order valence-electron chi connectivity index (χ4n) is 2.74. The van der Waals surface area contributed by atoms with E-state index in [1.165, 1.54) is 17.5 Å². The summed E-state index contributed by atoms with van der Waals surface area (Å²) in [7, 11) is -3.84. The summed E-state index contributed by atoms with van der Waals surface area (Å²) in [5.74, 6) is 0.239. The van der Waals surface area contributed by atoms with Crippen LogP contribution in [0.25, 0.3) is 10.4 Å². The van der Waals surface area contributed by atoms with Crippen LogP contribution in [0.2, 0.25) is 4.34 Å². The molecular weight excluding hydrogens is 428 g/mol. The van der Waals surface area contributed by atoms with Crippen LogP contribution in [-0.2, 0) is 16.6 Å². The normalized spacial score (nSPS) is 11.5. The van der Waals surface area contributed by atoms with Crippen LogP contribution >= 0.6 is 22.9 Å². The number of benzene rings is 2. The first-order valence-electron chi connectivity index (χ1n) is 8.78. The number of ether oxygens (including phenoxy) is 1. The third-order valence-corrected chi connectivity index (χ3v) is 7.09. The Bertz CT molecular complexity index is 1230. The Morgan fingerprint density at radius 3 is 2.41 bits per heavy atom. The molecule has 0 spiro atoms. The number of rotatable bonds is 6. The molecule has 4 rings (SSSR count). The highest BCUT2D eigenvalue weighted by atomic mass is 35.5. The maximum atomic E-state index is 13.0. The van der Waals surface area contributed by atoms with E-state index in [2.05, 4.69) is 5.10 Å². The van der Waals surface area contributed by atoms with Gasteiger partial charge >= 0.3 is 0 Å². The van der Waals surface area contributed by atoms with Gasteiger partial charge in [-0.25, -0.2) is 0 Å². The fraction of sp³-hybridized carbons (Fsp3) is 0.0952. The van der Waals surface area contributed by atoms with Crippen molar-refractivity contribution < 1.29 is 13.2 Å². The topological polar surface area (TPSA) is 61.2 Å². The molecule has 0 unspecified atom stereocenters. The van der Waals surface area contributed by atoms with Crippen molar-refractivity contribution in [2.45, 2.75) is 18.4 Å². The zero-order chi connectivity index (χ0) is 20.4. The molecule has 0 atom stereocenters. The lowest BCUT2D eigenvalue weighted by Crippen LogP contribution is -2.13. The van der Waals surface area contributed by atoms with Crippen LogP contribution in [0.15, 0.2) is 77.8 Å². The second-order valence-electron chi connectivity index (χ2n) is 6.42. The maximum Gasteiger partial charge on any atom is 0.283 e. The average molecular weight is 445 g/mol. The predicted molar refractivity (Wildman–Crippen MR) is 115 cm³/mol. The SMILES string of the molecule is Cc1ccc(S(=O)(=O)n2cc(-c3ccc(Cl)s3)c(OCc3ccccc3)n2)cc1. The van der Waals surface area contributed by atoms with E-state index in [9.17, 15) is 8.42 Å². The summed E-state index contributed by atoms with van der Waals surface area (Å²) in [6.45, 7) is 2.17. The van der Waals surface area contributed by atoms with Crippen LogP contribution in [0.3, 0.4) is 0 Å². The molecule has 0 saturated heterocycles. The fourth-order valence-corrected chi connectivity index (χ4v) is 4.91. The first-order chi connectivity index (χ1) is 13.9. The number of hydrogen-bond acceptors (Lipinski definition) is 5. The second kappa shape index (κ2) is 8.02. The number of aromatic nitrogens is 2. The van der Waals surface area contributed by atoms with Crippen LogP contribution in [-0.4, -0.2) is 17.6 Å². The Hall–Kier alpha value is -2.61. The highest BCUT2D eigenvalue weighted by Gasteiger charge is 2.23. The van der Waals surface area contributed by atoms with Gasteiger partial charge in [0, 0.05) is 4.88 Å². The van der Waals surface area contributed by atoms with Gasteiger partial charge in [-0.3, -0.25) is 0 Å². The Morgan fingerprint density at radius 1 is 1.03 bits per heavy atom. The summed E-state index contributed by atoms with van der Waals surface area (Å²) >= 11 is 7.41. The van der Waals surface area contributed by atoms with Gasteiger partial charge in [-0.2, -0.15) is 12.5 Å². The number of hydrogen-bond donors (Lipinski definition) is 0. The molecule has 0 aliphatic carbocycles. The van der Waals surface area contributed by atoms with E-state index < -0.39 is 10.0 Å². The van der Waals surface area contributed by atoms with Crippen molar-refractivity contribution in [2.24, 2.45) is 0 Å². The number of nitrogens with zero attached hydrogens (tertiary/aromatic N) is 2. The lowest BCUT2D eigenvalue weighted by atomic mass is 10.2. The summed E-state index contributed by atoms with van der Waals surface area (Å²) in [5.41, 5.74) is 2.51. The summed E-state index contributed by atoms with van der Waals surface area (Å²) in [6, 6.07) is 19.8. The van der Waals surface area contributed by atoms with Gasteiger partial charge in [0.1, 0.15) is 6.61 Å². The van der Waals surface area contributed by atoms with Crippen molar-refractivity contribution in [1.82, 2.24) is 9.19 Å². The lowest BCUT2D eigenvalue weighted by molar-refractivity contribution is 0.293. The largest absolute Gasteiger partial charge is 0.471 e. The molecule has 0 radical (unpaired) electrons. The van der Waals surface area contributed by atoms with Gasteiger partial charge in [-0.1, -0.05) is 59.6 Å². The van der Waals surface area contributed by atoms with Crippen LogP contribution < -0.4 is 4.74 Å². The molecule has 2 aromatic carbocycles. The minimum Gasteiger partial charge on any atom is -0.471 e. The van der Waals surface area contributed by atoms with Gasteiger partial charge < -0.3 is 4.74 Å². The van der Waals surface area contributed by atoms with Gasteiger partial charge in [-0.05, 0) is 36.8 Å². The standard InChI is InChI=1S/C21H17ClN2O3S2/c1-15-7-9-17(10-8-15)29(25,26)24-13-18(19-11-12-20(22)28-19)21(23-24)27-14-16-5-3-2-4-6-16/h2-13H,14H2,1H3. The lowest BCUT2D eigenvalue weighted by Gasteiger charge is -2.05. The molecule has 0 fully saturated rings. The van der Waals surface area contributed by atoms with Crippen molar-refractivity contribution in [3.05, 3.63) is 88.4 Å². The average Bonchev–Trinajstić information content (AvgIpc) is 3.34. The van der Waals surface area contributed by atoms with E-state index in [0.29, 0.717) is 9.90 Å². The van der Waals surface area contributed by atoms with Crippen LogP contribution in [0.1, 0.15) is 11.1 Å². The van der Waals surface area contributed by atoms with Crippen LogP contribution in [0, 0.1) is 6.92 Å².